The Kier molecular flexibility index (Phi) is 5.61. The smallest absolute Gasteiger partial charge is 0.251 e. The summed E-state index contributed by atoms with van der Waals surface area (Å²) in [7, 11) is 0. The number of nitrogens with one attached hydrogen (secondary N) is 1. The van der Waals surface area contributed by atoms with E-state index in [2.05, 4.69) is 21.8 Å². The van der Waals surface area contributed by atoms with Gasteiger partial charge in [-0.2, -0.15) is 0 Å². The first-order valence-electron chi connectivity index (χ1n) is 6.57. The highest BCUT2D eigenvalue weighted by Gasteiger charge is 2.00. The number of H-pyrrole nitrogens is 1. The highest BCUT2D eigenvalue weighted by atomic mass is 32.2. The summed E-state index contributed by atoms with van der Waals surface area (Å²) in [6.07, 6.45) is 0.490. The van der Waals surface area contributed by atoms with E-state index in [0.29, 0.717) is 11.6 Å². The van der Waals surface area contributed by atoms with Crippen LogP contribution in [0, 0.1) is 18.8 Å². The van der Waals surface area contributed by atoms with E-state index in [0.717, 1.165) is 22.6 Å². The summed E-state index contributed by atoms with van der Waals surface area (Å²) in [6, 6.07) is 9.39. The minimum absolute atomic E-state index is 0.0867. The van der Waals surface area contributed by atoms with E-state index in [4.69, 9.17) is 5.11 Å². The number of aromatic nitrogens is 2. The lowest BCUT2D eigenvalue weighted by molar-refractivity contribution is 0.305. The normalized spacial score (nSPS) is 10.0. The van der Waals surface area contributed by atoms with E-state index in [1.165, 1.54) is 17.8 Å². The average Bonchev–Trinajstić information content (AvgIpc) is 2.46. The molecule has 0 saturated heterocycles. The minimum atomic E-state index is -0.125. The zero-order chi connectivity index (χ0) is 15.1. The van der Waals surface area contributed by atoms with Crippen LogP contribution in [0.1, 0.15) is 23.2 Å². The van der Waals surface area contributed by atoms with Gasteiger partial charge in [-0.15, -0.1) is 0 Å². The van der Waals surface area contributed by atoms with Crippen LogP contribution < -0.4 is 5.56 Å². The predicted octanol–water partition coefficient (Wildman–Crippen LogP) is 2.10. The van der Waals surface area contributed by atoms with E-state index in [-0.39, 0.29) is 12.2 Å². The molecule has 4 nitrogen and oxygen atoms in total. The van der Waals surface area contributed by atoms with Crippen molar-refractivity contribution in [1.82, 2.24) is 9.97 Å². The molecule has 0 saturated carbocycles. The van der Waals surface area contributed by atoms with Gasteiger partial charge in [0.1, 0.15) is 0 Å². The molecule has 0 aliphatic rings. The molecule has 0 radical (unpaired) electrons. The monoisotopic (exact) mass is 300 g/mol. The van der Waals surface area contributed by atoms with Gasteiger partial charge in [0.05, 0.1) is 6.61 Å². The maximum absolute atomic E-state index is 11.4. The quantitative estimate of drug-likeness (QED) is 0.515. The number of aliphatic hydroxyl groups is 1. The Bertz CT molecular complexity index is 712. The van der Waals surface area contributed by atoms with Crippen molar-refractivity contribution in [2.24, 2.45) is 0 Å². The summed E-state index contributed by atoms with van der Waals surface area (Å²) in [5, 5.41) is 9.30. The third-order valence-electron chi connectivity index (χ3n) is 2.65. The minimum Gasteiger partial charge on any atom is -0.395 e. The first kappa shape index (κ1) is 15.4. The lowest BCUT2D eigenvalue weighted by Crippen LogP contribution is -2.08. The molecule has 0 amide bonds. The summed E-state index contributed by atoms with van der Waals surface area (Å²) in [4.78, 5) is 18.3. The van der Waals surface area contributed by atoms with Gasteiger partial charge in [-0.05, 0) is 24.6 Å². The van der Waals surface area contributed by atoms with E-state index < -0.39 is 0 Å². The van der Waals surface area contributed by atoms with E-state index in [1.54, 1.807) is 6.92 Å². The van der Waals surface area contributed by atoms with E-state index in [9.17, 15) is 4.79 Å². The summed E-state index contributed by atoms with van der Waals surface area (Å²) < 4.78 is 0. The summed E-state index contributed by atoms with van der Waals surface area (Å²) >= 11 is 1.49. The fourth-order valence-corrected chi connectivity index (χ4v) is 2.55. The van der Waals surface area contributed by atoms with Crippen molar-refractivity contribution in [3.8, 4) is 11.8 Å². The molecule has 108 valence electrons. The second-order valence-corrected chi connectivity index (χ2v) is 5.42. The molecule has 0 aliphatic carbocycles. The Hall–Kier alpha value is -2.03. The second kappa shape index (κ2) is 7.67. The van der Waals surface area contributed by atoms with Gasteiger partial charge >= 0.3 is 0 Å². The number of aromatic amines is 1. The van der Waals surface area contributed by atoms with Crippen LogP contribution in [0.2, 0.25) is 0 Å². The van der Waals surface area contributed by atoms with Crippen LogP contribution in [0.5, 0.6) is 0 Å². The van der Waals surface area contributed by atoms with Gasteiger partial charge in [0.25, 0.3) is 5.56 Å². The molecule has 5 heteroatoms. The summed E-state index contributed by atoms with van der Waals surface area (Å²) in [6.45, 7) is 1.89. The van der Waals surface area contributed by atoms with Crippen molar-refractivity contribution in [3.63, 3.8) is 0 Å². The molecule has 0 aliphatic heterocycles. The topological polar surface area (TPSA) is 66.0 Å². The van der Waals surface area contributed by atoms with Gasteiger partial charge < -0.3 is 10.1 Å². The fourth-order valence-electron chi connectivity index (χ4n) is 1.68. The van der Waals surface area contributed by atoms with Gasteiger partial charge in [0.15, 0.2) is 5.16 Å². The highest BCUT2D eigenvalue weighted by molar-refractivity contribution is 7.98. The Morgan fingerprint density at radius 2 is 2.10 bits per heavy atom. The van der Waals surface area contributed by atoms with Crippen LogP contribution in [0.25, 0.3) is 0 Å². The molecule has 2 aromatic rings. The van der Waals surface area contributed by atoms with Crippen LogP contribution in [-0.2, 0) is 5.75 Å². The number of hydrogen-bond acceptors (Lipinski definition) is 4. The molecule has 0 bridgehead atoms. The van der Waals surface area contributed by atoms with Crippen LogP contribution in [0.15, 0.2) is 40.3 Å². The molecule has 0 spiro atoms. The first-order valence-corrected chi connectivity index (χ1v) is 7.55. The molecule has 1 aromatic heterocycles. The molecular weight excluding hydrogens is 284 g/mol. The van der Waals surface area contributed by atoms with Crippen LogP contribution in [0.3, 0.4) is 0 Å². The lowest BCUT2D eigenvalue weighted by atomic mass is 10.1. The molecular formula is C16H16N2O2S. The van der Waals surface area contributed by atoms with Gasteiger partial charge in [-0.3, -0.25) is 4.79 Å². The zero-order valence-electron chi connectivity index (χ0n) is 11.7. The molecule has 2 rings (SSSR count). The number of nitrogens with zero attached hydrogens (tertiary/aromatic N) is 1. The summed E-state index contributed by atoms with van der Waals surface area (Å²) in [5.41, 5.74) is 2.66. The number of benzene rings is 1. The standard InChI is InChI=1S/C16H16N2O2S/c1-12-10-15(20)18-16(17-12)21-11-14-7-5-13(6-8-14)4-2-3-9-19/h5-8,10,19H,3,9,11H2,1H3,(H,17,18,20). The van der Waals surface area contributed by atoms with Gasteiger partial charge in [-0.25, -0.2) is 4.98 Å². The Morgan fingerprint density at radius 3 is 2.76 bits per heavy atom. The number of aliphatic hydroxyl groups excluding tert-OH is 1. The first-order chi connectivity index (χ1) is 10.2. The van der Waals surface area contributed by atoms with Crippen molar-refractivity contribution in [2.45, 2.75) is 24.3 Å². The SMILES string of the molecule is Cc1cc(=O)[nH]c(SCc2ccc(C#CCCO)cc2)n1. The molecule has 0 fully saturated rings. The van der Waals surface area contributed by atoms with Crippen LogP contribution in [0.4, 0.5) is 0 Å². The van der Waals surface area contributed by atoms with Crippen LogP contribution in [-0.4, -0.2) is 21.7 Å². The average molecular weight is 300 g/mol. The molecule has 21 heavy (non-hydrogen) atoms. The second-order valence-electron chi connectivity index (χ2n) is 4.45. The molecule has 0 atom stereocenters. The molecule has 1 heterocycles. The van der Waals surface area contributed by atoms with Gasteiger partial charge in [0, 0.05) is 29.5 Å². The maximum atomic E-state index is 11.4. The third kappa shape index (κ3) is 5.10. The highest BCUT2D eigenvalue weighted by Crippen LogP contribution is 2.18. The Morgan fingerprint density at radius 1 is 1.33 bits per heavy atom. The van der Waals surface area contributed by atoms with Crippen LogP contribution >= 0.6 is 11.8 Å². The van der Waals surface area contributed by atoms with E-state index in [1.807, 2.05) is 24.3 Å². The fraction of sp³-hybridized carbons (Fsp3) is 0.250. The molecule has 2 N–H and O–H groups in total. The van der Waals surface area contributed by atoms with Crippen molar-refractivity contribution < 1.29 is 5.11 Å². The third-order valence-corrected chi connectivity index (χ3v) is 3.59. The van der Waals surface area contributed by atoms with Gasteiger partial charge in [-0.1, -0.05) is 35.7 Å². The predicted molar refractivity (Wildman–Crippen MR) is 84.2 cm³/mol. The zero-order valence-corrected chi connectivity index (χ0v) is 12.5. The van der Waals surface area contributed by atoms with Crippen molar-refractivity contribution in [2.75, 3.05) is 6.61 Å². The maximum Gasteiger partial charge on any atom is 0.251 e. The number of thioether (sulfide) groups is 1. The van der Waals surface area contributed by atoms with Crippen molar-refractivity contribution >= 4 is 11.8 Å². The van der Waals surface area contributed by atoms with Crippen molar-refractivity contribution in [1.29, 1.82) is 0 Å². The molecule has 0 unspecified atom stereocenters. The number of hydrogen-bond donors (Lipinski definition) is 2. The Balaban J connectivity index is 1.98. The van der Waals surface area contributed by atoms with Gasteiger partial charge in [0.2, 0.25) is 0 Å². The lowest BCUT2D eigenvalue weighted by Gasteiger charge is -2.02. The van der Waals surface area contributed by atoms with Crippen molar-refractivity contribution in [3.05, 3.63) is 57.5 Å². The number of rotatable bonds is 4. The number of aryl methyl sites for hydroxylation is 1. The Labute approximate surface area is 127 Å². The molecule has 1 aromatic carbocycles. The van der Waals surface area contributed by atoms with E-state index >= 15 is 0 Å². The largest absolute Gasteiger partial charge is 0.395 e. The summed E-state index contributed by atoms with van der Waals surface area (Å²) in [5.74, 6) is 6.60.